The number of pyridine rings is 1. The summed E-state index contributed by atoms with van der Waals surface area (Å²) in [5.41, 5.74) is 2.57. The average Bonchev–Trinajstić information content (AvgIpc) is 2.29. The smallest absolute Gasteiger partial charge is 0.323 e. The number of carbonyl (C=O) groups is 2. The molecule has 6 nitrogen and oxygen atoms in total. The Kier molecular flexibility index (Phi) is 3.75. The van der Waals surface area contributed by atoms with Crippen molar-refractivity contribution in [1.82, 2.24) is 15.7 Å². The molecule has 2 amide bonds. The summed E-state index contributed by atoms with van der Waals surface area (Å²) in [6.45, 7) is 1.75. The van der Waals surface area contributed by atoms with Gasteiger partial charge in [-0.15, -0.1) is 0 Å². The molecule has 0 saturated carbocycles. The van der Waals surface area contributed by atoms with Crippen molar-refractivity contribution in [2.24, 2.45) is 5.84 Å². The zero-order valence-corrected chi connectivity index (χ0v) is 8.23. The molecule has 0 aliphatic rings. The molecule has 0 fully saturated rings. The maximum Gasteiger partial charge on any atom is 0.323 e. The molecule has 15 heavy (non-hydrogen) atoms. The molecule has 0 saturated heterocycles. The van der Waals surface area contributed by atoms with E-state index in [1.165, 1.54) is 0 Å². The average molecular weight is 208 g/mol. The van der Waals surface area contributed by atoms with E-state index >= 15 is 0 Å². The fourth-order valence-electron chi connectivity index (χ4n) is 1.04. The number of nitrogens with two attached hydrogens (primary N) is 1. The molecule has 1 atom stereocenters. The number of carbonyl (C=O) groups excluding carboxylic acids is 2. The molecule has 0 aromatic carbocycles. The zero-order valence-electron chi connectivity index (χ0n) is 8.23. The van der Waals surface area contributed by atoms with E-state index in [2.05, 4.69) is 10.3 Å². The van der Waals surface area contributed by atoms with Crippen LogP contribution in [0, 0.1) is 0 Å². The Bertz CT molecular complexity index is 352. The highest BCUT2D eigenvalue weighted by atomic mass is 16.2. The lowest BCUT2D eigenvalue weighted by Crippen LogP contribution is -2.43. The molecule has 1 unspecified atom stereocenters. The number of hydrogen-bond donors (Lipinski definition) is 3. The van der Waals surface area contributed by atoms with Crippen LogP contribution < -0.4 is 16.6 Å². The Morgan fingerprint density at radius 1 is 1.47 bits per heavy atom. The summed E-state index contributed by atoms with van der Waals surface area (Å²) in [6, 6.07) is 3.27. The van der Waals surface area contributed by atoms with Crippen molar-refractivity contribution in [3.63, 3.8) is 0 Å². The maximum absolute atomic E-state index is 11.1. The molecule has 0 aliphatic carbocycles. The van der Waals surface area contributed by atoms with Gasteiger partial charge in [0.1, 0.15) is 0 Å². The van der Waals surface area contributed by atoms with Crippen LogP contribution in [0.2, 0.25) is 0 Å². The normalized spacial score (nSPS) is 11.6. The van der Waals surface area contributed by atoms with Gasteiger partial charge in [0.2, 0.25) is 0 Å². The van der Waals surface area contributed by atoms with Gasteiger partial charge in [-0.25, -0.2) is 5.84 Å². The van der Waals surface area contributed by atoms with Gasteiger partial charge in [-0.1, -0.05) is 6.07 Å². The SMILES string of the molecule is CC(NC(=O)C(=O)NN)c1cccnc1. The Labute approximate surface area is 86.8 Å². The van der Waals surface area contributed by atoms with Crippen LogP contribution in [0.5, 0.6) is 0 Å². The largest absolute Gasteiger partial charge is 0.341 e. The minimum atomic E-state index is -0.870. The molecule has 1 heterocycles. The van der Waals surface area contributed by atoms with Gasteiger partial charge in [0, 0.05) is 12.4 Å². The number of hydrogen-bond acceptors (Lipinski definition) is 4. The van der Waals surface area contributed by atoms with Gasteiger partial charge >= 0.3 is 11.8 Å². The van der Waals surface area contributed by atoms with E-state index in [1.807, 2.05) is 0 Å². The van der Waals surface area contributed by atoms with Crippen molar-refractivity contribution in [3.05, 3.63) is 30.1 Å². The molecule has 6 heteroatoms. The van der Waals surface area contributed by atoms with Crippen LogP contribution in [-0.2, 0) is 9.59 Å². The zero-order chi connectivity index (χ0) is 11.3. The van der Waals surface area contributed by atoms with Gasteiger partial charge in [0.25, 0.3) is 0 Å². The number of aromatic nitrogens is 1. The first kappa shape index (κ1) is 11.1. The summed E-state index contributed by atoms with van der Waals surface area (Å²) in [4.78, 5) is 25.9. The Hall–Kier alpha value is -1.95. The summed E-state index contributed by atoms with van der Waals surface area (Å²) in [5.74, 6) is 3.18. The number of hydrazine groups is 1. The summed E-state index contributed by atoms with van der Waals surface area (Å²) >= 11 is 0. The van der Waals surface area contributed by atoms with E-state index in [9.17, 15) is 9.59 Å². The van der Waals surface area contributed by atoms with Crippen LogP contribution >= 0.6 is 0 Å². The molecule has 1 aromatic rings. The molecule has 4 N–H and O–H groups in total. The van der Waals surface area contributed by atoms with Crippen molar-refractivity contribution in [2.75, 3.05) is 0 Å². The first-order valence-electron chi connectivity index (χ1n) is 4.36. The maximum atomic E-state index is 11.1. The van der Waals surface area contributed by atoms with Crippen LogP contribution in [0.3, 0.4) is 0 Å². The highest BCUT2D eigenvalue weighted by Gasteiger charge is 2.15. The third-order valence-electron chi connectivity index (χ3n) is 1.87. The van der Waals surface area contributed by atoms with Gasteiger partial charge in [-0.2, -0.15) is 0 Å². The first-order valence-corrected chi connectivity index (χ1v) is 4.36. The second-order valence-electron chi connectivity index (χ2n) is 2.95. The lowest BCUT2D eigenvalue weighted by atomic mass is 10.1. The fourth-order valence-corrected chi connectivity index (χ4v) is 1.04. The van der Waals surface area contributed by atoms with Gasteiger partial charge in [-0.05, 0) is 18.6 Å². The molecule has 80 valence electrons. The quantitative estimate of drug-likeness (QED) is 0.258. The number of nitrogens with one attached hydrogen (secondary N) is 2. The summed E-state index contributed by atoms with van der Waals surface area (Å²) < 4.78 is 0. The van der Waals surface area contributed by atoms with Crippen molar-refractivity contribution in [3.8, 4) is 0 Å². The Balaban J connectivity index is 2.60. The van der Waals surface area contributed by atoms with Crippen LogP contribution in [0.1, 0.15) is 18.5 Å². The minimum Gasteiger partial charge on any atom is -0.341 e. The van der Waals surface area contributed by atoms with Gasteiger partial charge < -0.3 is 5.32 Å². The predicted molar refractivity (Wildman–Crippen MR) is 53.1 cm³/mol. The highest BCUT2D eigenvalue weighted by Crippen LogP contribution is 2.08. The molecule has 0 radical (unpaired) electrons. The molecule has 1 aromatic heterocycles. The molecule has 0 bridgehead atoms. The third kappa shape index (κ3) is 3.03. The summed E-state index contributed by atoms with van der Waals surface area (Å²) in [6.07, 6.45) is 3.25. The number of nitrogens with zero attached hydrogens (tertiary/aromatic N) is 1. The molecule has 0 aliphatic heterocycles. The molecule has 1 rings (SSSR count). The lowest BCUT2D eigenvalue weighted by Gasteiger charge is -2.12. The van der Waals surface area contributed by atoms with Gasteiger partial charge in [0.15, 0.2) is 0 Å². The summed E-state index contributed by atoms with van der Waals surface area (Å²) in [7, 11) is 0. The topological polar surface area (TPSA) is 97.1 Å². The Morgan fingerprint density at radius 2 is 2.20 bits per heavy atom. The van der Waals surface area contributed by atoms with Crippen molar-refractivity contribution < 1.29 is 9.59 Å². The number of rotatable bonds is 2. The van der Waals surface area contributed by atoms with Crippen molar-refractivity contribution in [1.29, 1.82) is 0 Å². The molecular formula is C9H12N4O2. The van der Waals surface area contributed by atoms with E-state index in [4.69, 9.17) is 5.84 Å². The first-order chi connectivity index (χ1) is 7.15. The van der Waals surface area contributed by atoms with Crippen LogP contribution in [0.25, 0.3) is 0 Å². The van der Waals surface area contributed by atoms with Crippen LogP contribution in [0.15, 0.2) is 24.5 Å². The monoisotopic (exact) mass is 208 g/mol. The van der Waals surface area contributed by atoms with Crippen LogP contribution in [-0.4, -0.2) is 16.8 Å². The molecule has 0 spiro atoms. The minimum absolute atomic E-state index is 0.288. The molecular weight excluding hydrogens is 196 g/mol. The highest BCUT2D eigenvalue weighted by molar-refractivity contribution is 6.34. The third-order valence-corrected chi connectivity index (χ3v) is 1.87. The lowest BCUT2D eigenvalue weighted by molar-refractivity contribution is -0.139. The van der Waals surface area contributed by atoms with Gasteiger partial charge in [0.05, 0.1) is 6.04 Å². The second kappa shape index (κ2) is 5.06. The van der Waals surface area contributed by atoms with E-state index in [0.29, 0.717) is 0 Å². The Morgan fingerprint density at radius 3 is 2.73 bits per heavy atom. The van der Waals surface area contributed by atoms with E-state index in [0.717, 1.165) is 5.56 Å². The van der Waals surface area contributed by atoms with E-state index in [-0.39, 0.29) is 6.04 Å². The standard InChI is InChI=1S/C9H12N4O2/c1-6(7-3-2-4-11-5-7)12-8(14)9(15)13-10/h2-6H,10H2,1H3,(H,12,14)(H,13,15). The summed E-state index contributed by atoms with van der Waals surface area (Å²) in [5, 5.41) is 2.48. The fraction of sp³-hybridized carbons (Fsp3) is 0.222. The second-order valence-corrected chi connectivity index (χ2v) is 2.95. The van der Waals surface area contributed by atoms with E-state index < -0.39 is 11.8 Å². The van der Waals surface area contributed by atoms with Gasteiger partial charge in [-0.3, -0.25) is 20.0 Å². The number of amides is 2. The predicted octanol–water partition coefficient (Wildman–Crippen LogP) is -0.751. The van der Waals surface area contributed by atoms with Crippen molar-refractivity contribution in [2.45, 2.75) is 13.0 Å². The van der Waals surface area contributed by atoms with Crippen LogP contribution in [0.4, 0.5) is 0 Å². The van der Waals surface area contributed by atoms with Crippen molar-refractivity contribution >= 4 is 11.8 Å². The van der Waals surface area contributed by atoms with E-state index in [1.54, 1.807) is 36.9 Å².